The smallest absolute Gasteiger partial charge is 0.410 e. The van der Waals surface area contributed by atoms with Crippen LogP contribution in [0.25, 0.3) is 0 Å². The molecule has 0 saturated carbocycles. The van der Waals surface area contributed by atoms with Gasteiger partial charge in [0.1, 0.15) is 35.1 Å². The zero-order chi connectivity index (χ0) is 23.5. The number of hydrogen-bond acceptors (Lipinski definition) is 9. The number of nitriles is 1. The van der Waals surface area contributed by atoms with E-state index in [1.807, 2.05) is 6.07 Å². The fourth-order valence-corrected chi connectivity index (χ4v) is 3.52. The average molecular weight is 451 g/mol. The Labute approximate surface area is 186 Å². The molecule has 2 aliphatic rings. The number of likely N-dealkylation sites (tertiary alicyclic amines) is 1. The van der Waals surface area contributed by atoms with E-state index in [0.717, 1.165) is 0 Å². The van der Waals surface area contributed by atoms with Gasteiger partial charge in [0.25, 0.3) is 0 Å². The third-order valence-corrected chi connectivity index (χ3v) is 5.25. The summed E-state index contributed by atoms with van der Waals surface area (Å²) in [4.78, 5) is 21.9. The number of piperidine rings is 1. The Hall–Kier alpha value is -2.71. The topological polar surface area (TPSA) is 130 Å². The average Bonchev–Trinajstić information content (AvgIpc) is 2.70. The Balaban J connectivity index is 1.66. The van der Waals surface area contributed by atoms with Crippen LogP contribution in [0.1, 0.15) is 46.1 Å². The minimum Gasteiger partial charge on any atom is -0.470 e. The summed E-state index contributed by atoms with van der Waals surface area (Å²) in [5, 5.41) is 22.8. The van der Waals surface area contributed by atoms with Gasteiger partial charge >= 0.3 is 6.09 Å². The number of ether oxygens (including phenoxy) is 3. The van der Waals surface area contributed by atoms with Gasteiger partial charge in [0.2, 0.25) is 11.8 Å². The van der Waals surface area contributed by atoms with E-state index in [2.05, 4.69) is 15.3 Å². The lowest BCUT2D eigenvalue weighted by Crippen LogP contribution is -2.51. The molecule has 3 rings (SSSR count). The van der Waals surface area contributed by atoms with Gasteiger partial charge in [-0.1, -0.05) is 0 Å². The Morgan fingerprint density at radius 3 is 2.84 bits per heavy atom. The largest absolute Gasteiger partial charge is 0.470 e. The van der Waals surface area contributed by atoms with E-state index in [0.29, 0.717) is 26.0 Å². The Morgan fingerprint density at radius 2 is 2.22 bits per heavy atom. The highest BCUT2D eigenvalue weighted by molar-refractivity contribution is 5.68. The van der Waals surface area contributed by atoms with Gasteiger partial charge < -0.3 is 29.5 Å². The standard InChI is InChI=1S/C21H30FN5O5/c1-20(2,3)32-19(28)27-7-5-15(14(22)11-27)25-18-24-10-13(9-23)17(26-18)31-16-6-8-30-12-21(16,4)29/h10,14-16,29H,5-8,11-12H2,1-4H3,(H,24,25,26)/t14-,15+,16?,21?/m1/s1. The third kappa shape index (κ3) is 5.95. The van der Waals surface area contributed by atoms with Crippen molar-refractivity contribution >= 4 is 12.0 Å². The maximum Gasteiger partial charge on any atom is 0.410 e. The van der Waals surface area contributed by atoms with Gasteiger partial charge in [0.15, 0.2) is 0 Å². The van der Waals surface area contributed by atoms with Crippen molar-refractivity contribution in [2.75, 3.05) is 31.6 Å². The van der Waals surface area contributed by atoms with Crippen LogP contribution >= 0.6 is 0 Å². The predicted octanol–water partition coefficient (Wildman–Crippen LogP) is 2.03. The number of hydrogen-bond donors (Lipinski definition) is 2. The van der Waals surface area contributed by atoms with Crippen molar-refractivity contribution in [3.8, 4) is 11.9 Å². The summed E-state index contributed by atoms with van der Waals surface area (Å²) in [5.41, 5.74) is -1.78. The molecular weight excluding hydrogens is 421 g/mol. The number of carbonyl (C=O) groups is 1. The molecule has 10 nitrogen and oxygen atoms in total. The number of rotatable bonds is 4. The van der Waals surface area contributed by atoms with E-state index < -0.39 is 35.6 Å². The first kappa shape index (κ1) is 23.9. The van der Waals surface area contributed by atoms with Crippen molar-refractivity contribution in [1.29, 1.82) is 5.26 Å². The van der Waals surface area contributed by atoms with Crippen LogP contribution in [-0.4, -0.2) is 81.9 Å². The van der Waals surface area contributed by atoms with Gasteiger partial charge in [-0.2, -0.15) is 10.2 Å². The molecule has 1 aromatic heterocycles. The molecule has 0 bridgehead atoms. The molecule has 1 amide bonds. The molecule has 0 aromatic carbocycles. The zero-order valence-corrected chi connectivity index (χ0v) is 18.8. The second-order valence-corrected chi connectivity index (χ2v) is 9.31. The second-order valence-electron chi connectivity index (χ2n) is 9.31. The van der Waals surface area contributed by atoms with Crippen LogP contribution in [-0.2, 0) is 9.47 Å². The highest BCUT2D eigenvalue weighted by Gasteiger charge is 2.38. The molecule has 11 heteroatoms. The molecule has 32 heavy (non-hydrogen) atoms. The quantitative estimate of drug-likeness (QED) is 0.706. The number of amides is 1. The normalized spacial score (nSPS) is 28.5. The Kier molecular flexibility index (Phi) is 7.05. The summed E-state index contributed by atoms with van der Waals surface area (Å²) in [5.74, 6) is 0.114. The van der Waals surface area contributed by atoms with Crippen molar-refractivity contribution in [2.45, 2.75) is 70.1 Å². The Morgan fingerprint density at radius 1 is 1.47 bits per heavy atom. The van der Waals surface area contributed by atoms with Crippen LogP contribution in [0.2, 0.25) is 0 Å². The lowest BCUT2D eigenvalue weighted by atomic mass is 9.95. The lowest BCUT2D eigenvalue weighted by molar-refractivity contribution is -0.139. The first-order valence-electron chi connectivity index (χ1n) is 10.6. The van der Waals surface area contributed by atoms with E-state index in [9.17, 15) is 19.6 Å². The van der Waals surface area contributed by atoms with Gasteiger partial charge in [0, 0.05) is 13.0 Å². The summed E-state index contributed by atoms with van der Waals surface area (Å²) in [6, 6.07) is 1.34. The molecule has 0 spiro atoms. The molecule has 3 heterocycles. The van der Waals surface area contributed by atoms with E-state index in [4.69, 9.17) is 14.2 Å². The summed E-state index contributed by atoms with van der Waals surface area (Å²) >= 11 is 0. The first-order valence-corrected chi connectivity index (χ1v) is 10.6. The molecule has 0 aliphatic carbocycles. The molecule has 176 valence electrons. The van der Waals surface area contributed by atoms with Gasteiger partial charge in [-0.3, -0.25) is 0 Å². The van der Waals surface area contributed by atoms with Gasteiger partial charge in [0.05, 0.1) is 32.0 Å². The summed E-state index contributed by atoms with van der Waals surface area (Å²) in [7, 11) is 0. The summed E-state index contributed by atoms with van der Waals surface area (Å²) in [6.07, 6.45) is -0.475. The number of aliphatic hydroxyl groups is 1. The van der Waals surface area contributed by atoms with Crippen molar-refractivity contribution in [2.24, 2.45) is 0 Å². The number of carbonyl (C=O) groups excluding carboxylic acids is 1. The summed E-state index contributed by atoms with van der Waals surface area (Å²) in [6.45, 7) is 7.59. The van der Waals surface area contributed by atoms with Crippen molar-refractivity contribution in [3.63, 3.8) is 0 Å². The zero-order valence-electron chi connectivity index (χ0n) is 18.8. The minimum absolute atomic E-state index is 0.0128. The number of alkyl halides is 1. The maximum atomic E-state index is 14.8. The van der Waals surface area contributed by atoms with Crippen LogP contribution in [0.3, 0.4) is 0 Å². The fraction of sp³-hybridized carbons (Fsp3) is 0.714. The number of anilines is 1. The van der Waals surface area contributed by atoms with Crippen LogP contribution in [0.15, 0.2) is 6.20 Å². The highest BCUT2D eigenvalue weighted by Crippen LogP contribution is 2.27. The molecule has 2 unspecified atom stereocenters. The van der Waals surface area contributed by atoms with E-state index in [-0.39, 0.29) is 30.5 Å². The number of nitrogens with zero attached hydrogens (tertiary/aromatic N) is 4. The first-order chi connectivity index (χ1) is 15.0. The van der Waals surface area contributed by atoms with Crippen LogP contribution < -0.4 is 10.1 Å². The fourth-order valence-electron chi connectivity index (χ4n) is 3.52. The SMILES string of the molecule is CC(C)(C)OC(=O)N1CC[C@H](Nc2ncc(C#N)c(OC3CCOCC3(C)O)n2)[C@H](F)C1. The van der Waals surface area contributed by atoms with Crippen molar-refractivity contribution in [3.05, 3.63) is 11.8 Å². The lowest BCUT2D eigenvalue weighted by Gasteiger charge is -2.36. The molecule has 2 N–H and O–H groups in total. The maximum absolute atomic E-state index is 14.8. The van der Waals surface area contributed by atoms with E-state index in [1.54, 1.807) is 27.7 Å². The van der Waals surface area contributed by atoms with E-state index in [1.165, 1.54) is 11.1 Å². The third-order valence-electron chi connectivity index (χ3n) is 5.25. The number of nitrogens with one attached hydrogen (secondary N) is 1. The molecular formula is C21H30FN5O5. The molecule has 4 atom stereocenters. The Bertz CT molecular complexity index is 869. The molecule has 2 fully saturated rings. The molecule has 2 aliphatic heterocycles. The van der Waals surface area contributed by atoms with Gasteiger partial charge in [-0.15, -0.1) is 0 Å². The van der Waals surface area contributed by atoms with Crippen LogP contribution in [0.5, 0.6) is 5.88 Å². The van der Waals surface area contributed by atoms with Crippen LogP contribution in [0.4, 0.5) is 15.1 Å². The number of halogens is 1. The van der Waals surface area contributed by atoms with Crippen molar-refractivity contribution < 1.29 is 28.5 Å². The van der Waals surface area contributed by atoms with Crippen LogP contribution in [0, 0.1) is 11.3 Å². The second kappa shape index (κ2) is 9.42. The molecule has 2 saturated heterocycles. The van der Waals surface area contributed by atoms with Gasteiger partial charge in [-0.25, -0.2) is 14.2 Å². The van der Waals surface area contributed by atoms with E-state index >= 15 is 0 Å². The van der Waals surface area contributed by atoms with Crippen molar-refractivity contribution in [1.82, 2.24) is 14.9 Å². The number of aromatic nitrogens is 2. The summed E-state index contributed by atoms with van der Waals surface area (Å²) < 4.78 is 31.2. The minimum atomic E-state index is -1.36. The molecule has 1 aromatic rings. The highest BCUT2D eigenvalue weighted by atomic mass is 19.1. The molecule has 0 radical (unpaired) electrons. The van der Waals surface area contributed by atoms with Gasteiger partial charge in [-0.05, 0) is 34.1 Å². The predicted molar refractivity (Wildman–Crippen MR) is 112 cm³/mol. The monoisotopic (exact) mass is 451 g/mol.